The minimum atomic E-state index is -0.810. The van der Waals surface area contributed by atoms with Crippen LogP contribution < -0.4 is 10.1 Å². The smallest absolute Gasteiger partial charge is 0.326 e. The van der Waals surface area contributed by atoms with Gasteiger partial charge < -0.3 is 14.8 Å². The zero-order valence-electron chi connectivity index (χ0n) is 10.2. The normalized spacial score (nSPS) is 12.0. The van der Waals surface area contributed by atoms with Gasteiger partial charge in [-0.25, -0.2) is 8.78 Å². The first-order valence-corrected chi connectivity index (χ1v) is 5.47. The van der Waals surface area contributed by atoms with E-state index in [1.54, 1.807) is 0 Å². The Morgan fingerprint density at radius 1 is 1.44 bits per heavy atom. The number of benzene rings is 1. The summed E-state index contributed by atoms with van der Waals surface area (Å²) in [5, 5.41) is 2.84. The summed E-state index contributed by atoms with van der Waals surface area (Å²) >= 11 is 0. The molecule has 1 rings (SSSR count). The van der Waals surface area contributed by atoms with E-state index >= 15 is 0 Å². The minimum absolute atomic E-state index is 0.0942. The van der Waals surface area contributed by atoms with Crippen molar-refractivity contribution in [3.05, 3.63) is 29.8 Å². The lowest BCUT2D eigenvalue weighted by atomic mass is 10.3. The zero-order valence-corrected chi connectivity index (χ0v) is 10.2. The molecule has 1 N–H and O–H groups in total. The van der Waals surface area contributed by atoms with Gasteiger partial charge in [-0.15, -0.1) is 0 Å². The van der Waals surface area contributed by atoms with Crippen LogP contribution in [0.5, 0.6) is 5.75 Å². The molecule has 1 unspecified atom stereocenters. The van der Waals surface area contributed by atoms with Gasteiger partial charge in [0.15, 0.2) is 11.6 Å². The van der Waals surface area contributed by atoms with E-state index in [2.05, 4.69) is 10.1 Å². The van der Waals surface area contributed by atoms with E-state index in [4.69, 9.17) is 4.74 Å². The second-order valence-corrected chi connectivity index (χ2v) is 3.52. The van der Waals surface area contributed by atoms with Crippen LogP contribution in [-0.2, 0) is 9.53 Å². The van der Waals surface area contributed by atoms with Gasteiger partial charge in [0.05, 0.1) is 7.11 Å². The molecule has 0 aromatic heterocycles. The number of carbonyl (C=O) groups is 1. The van der Waals surface area contributed by atoms with Gasteiger partial charge in [-0.2, -0.15) is 0 Å². The van der Waals surface area contributed by atoms with Crippen molar-refractivity contribution in [1.29, 1.82) is 0 Å². The molecule has 0 fully saturated rings. The Bertz CT molecular complexity index is 412. The highest BCUT2D eigenvalue weighted by Crippen LogP contribution is 2.17. The van der Waals surface area contributed by atoms with Crippen LogP contribution in [0.25, 0.3) is 0 Å². The number of rotatable bonds is 6. The maximum absolute atomic E-state index is 13.3. The molecule has 0 saturated carbocycles. The third kappa shape index (κ3) is 3.96. The van der Waals surface area contributed by atoms with Crippen LogP contribution in [0.1, 0.15) is 6.92 Å². The SMILES string of the molecule is CCNC(COc1ccc(F)cc1F)C(=O)OC. The number of hydrogen-bond donors (Lipinski definition) is 1. The van der Waals surface area contributed by atoms with Crippen molar-refractivity contribution in [2.24, 2.45) is 0 Å². The second kappa shape index (κ2) is 6.90. The van der Waals surface area contributed by atoms with E-state index in [1.807, 2.05) is 6.92 Å². The van der Waals surface area contributed by atoms with E-state index in [9.17, 15) is 13.6 Å². The number of ether oxygens (including phenoxy) is 2. The Labute approximate surface area is 104 Å². The van der Waals surface area contributed by atoms with Crippen LogP contribution in [-0.4, -0.2) is 32.3 Å². The van der Waals surface area contributed by atoms with Gasteiger partial charge in [0, 0.05) is 6.07 Å². The predicted octanol–water partition coefficient (Wildman–Crippen LogP) is 1.49. The molecule has 100 valence electrons. The quantitative estimate of drug-likeness (QED) is 0.786. The van der Waals surface area contributed by atoms with Crippen molar-refractivity contribution >= 4 is 5.97 Å². The lowest BCUT2D eigenvalue weighted by Crippen LogP contribution is -2.42. The van der Waals surface area contributed by atoms with E-state index < -0.39 is 23.6 Å². The Morgan fingerprint density at radius 3 is 2.72 bits per heavy atom. The lowest BCUT2D eigenvalue weighted by molar-refractivity contribution is -0.143. The molecule has 0 aliphatic rings. The minimum Gasteiger partial charge on any atom is -0.488 e. The van der Waals surface area contributed by atoms with Gasteiger partial charge in [0.25, 0.3) is 0 Å². The van der Waals surface area contributed by atoms with Crippen molar-refractivity contribution in [2.45, 2.75) is 13.0 Å². The van der Waals surface area contributed by atoms with Crippen molar-refractivity contribution in [3.63, 3.8) is 0 Å². The molecule has 0 aliphatic heterocycles. The van der Waals surface area contributed by atoms with Gasteiger partial charge in [0.2, 0.25) is 0 Å². The average molecular weight is 259 g/mol. The number of carbonyl (C=O) groups excluding carboxylic acids is 1. The first-order chi connectivity index (χ1) is 8.58. The third-order valence-electron chi connectivity index (χ3n) is 2.24. The summed E-state index contributed by atoms with van der Waals surface area (Å²) < 4.78 is 35.6. The van der Waals surface area contributed by atoms with Crippen LogP contribution >= 0.6 is 0 Å². The molecule has 1 atom stereocenters. The summed E-state index contributed by atoms with van der Waals surface area (Å²) in [6, 6.07) is 2.28. The van der Waals surface area contributed by atoms with Crippen LogP contribution in [0.2, 0.25) is 0 Å². The van der Waals surface area contributed by atoms with E-state index in [0.717, 1.165) is 12.1 Å². The van der Waals surface area contributed by atoms with Crippen LogP contribution in [0.15, 0.2) is 18.2 Å². The Hall–Kier alpha value is -1.69. The molecule has 6 heteroatoms. The predicted molar refractivity (Wildman–Crippen MR) is 61.3 cm³/mol. The fraction of sp³-hybridized carbons (Fsp3) is 0.417. The molecule has 1 aromatic carbocycles. The summed E-state index contributed by atoms with van der Waals surface area (Å²) in [6.07, 6.45) is 0. The molecule has 0 amide bonds. The Kier molecular flexibility index (Phi) is 5.51. The van der Waals surface area contributed by atoms with Crippen molar-refractivity contribution in [2.75, 3.05) is 20.3 Å². The summed E-state index contributed by atoms with van der Waals surface area (Å²) in [4.78, 5) is 11.3. The number of likely N-dealkylation sites (N-methyl/N-ethyl adjacent to an activating group) is 1. The molecule has 0 spiro atoms. The number of nitrogens with one attached hydrogen (secondary N) is 1. The molecular weight excluding hydrogens is 244 g/mol. The first-order valence-electron chi connectivity index (χ1n) is 5.47. The average Bonchev–Trinajstić information content (AvgIpc) is 2.35. The monoisotopic (exact) mass is 259 g/mol. The van der Waals surface area contributed by atoms with Gasteiger partial charge in [0.1, 0.15) is 18.5 Å². The summed E-state index contributed by atoms with van der Waals surface area (Å²) in [7, 11) is 1.26. The van der Waals surface area contributed by atoms with Crippen molar-refractivity contribution in [1.82, 2.24) is 5.32 Å². The molecule has 4 nitrogen and oxygen atoms in total. The van der Waals surface area contributed by atoms with E-state index in [1.165, 1.54) is 13.2 Å². The standard InChI is InChI=1S/C12H15F2NO3/c1-3-15-10(12(16)17-2)7-18-11-5-4-8(13)6-9(11)14/h4-6,10,15H,3,7H2,1-2H3. The topological polar surface area (TPSA) is 47.6 Å². The maximum Gasteiger partial charge on any atom is 0.326 e. The highest BCUT2D eigenvalue weighted by Gasteiger charge is 2.19. The largest absolute Gasteiger partial charge is 0.488 e. The zero-order chi connectivity index (χ0) is 13.5. The Balaban J connectivity index is 2.63. The highest BCUT2D eigenvalue weighted by molar-refractivity contribution is 5.75. The first kappa shape index (κ1) is 14.4. The molecule has 1 aromatic rings. The van der Waals surface area contributed by atoms with Gasteiger partial charge in [-0.05, 0) is 18.7 Å². The van der Waals surface area contributed by atoms with Crippen LogP contribution in [0.4, 0.5) is 8.78 Å². The van der Waals surface area contributed by atoms with Crippen molar-refractivity contribution in [3.8, 4) is 5.75 Å². The molecule has 0 bridgehead atoms. The Morgan fingerprint density at radius 2 is 2.17 bits per heavy atom. The molecule has 0 radical (unpaired) electrons. The summed E-state index contributed by atoms with van der Waals surface area (Å²) in [5.41, 5.74) is 0. The molecule has 0 saturated heterocycles. The maximum atomic E-state index is 13.3. The summed E-state index contributed by atoms with van der Waals surface area (Å²) in [5.74, 6) is -2.10. The van der Waals surface area contributed by atoms with Crippen molar-refractivity contribution < 1.29 is 23.0 Å². The number of hydrogen-bond acceptors (Lipinski definition) is 4. The van der Waals surface area contributed by atoms with Crippen LogP contribution in [0, 0.1) is 11.6 Å². The fourth-order valence-corrected chi connectivity index (χ4v) is 1.36. The molecular formula is C12H15F2NO3. The fourth-order valence-electron chi connectivity index (χ4n) is 1.36. The van der Waals surface area contributed by atoms with Gasteiger partial charge >= 0.3 is 5.97 Å². The lowest BCUT2D eigenvalue weighted by Gasteiger charge is -2.16. The van der Waals surface area contributed by atoms with Crippen LogP contribution in [0.3, 0.4) is 0 Å². The molecule has 0 aliphatic carbocycles. The number of esters is 1. The number of halogens is 2. The second-order valence-electron chi connectivity index (χ2n) is 3.52. The number of methoxy groups -OCH3 is 1. The van der Waals surface area contributed by atoms with Gasteiger partial charge in [-0.1, -0.05) is 6.92 Å². The van der Waals surface area contributed by atoms with Gasteiger partial charge in [-0.3, -0.25) is 4.79 Å². The van der Waals surface area contributed by atoms with E-state index in [-0.39, 0.29) is 12.4 Å². The molecule has 18 heavy (non-hydrogen) atoms. The molecule has 0 heterocycles. The highest BCUT2D eigenvalue weighted by atomic mass is 19.1. The van der Waals surface area contributed by atoms with E-state index in [0.29, 0.717) is 6.54 Å². The third-order valence-corrected chi connectivity index (χ3v) is 2.24. The summed E-state index contributed by atoms with van der Waals surface area (Å²) in [6.45, 7) is 2.26.